The molecule has 9 nitrogen and oxygen atoms in total. The van der Waals surface area contributed by atoms with Gasteiger partial charge in [-0.1, -0.05) is 11.6 Å². The summed E-state index contributed by atoms with van der Waals surface area (Å²) in [6, 6.07) is 4.36. The fourth-order valence-electron chi connectivity index (χ4n) is 5.88. The number of hydrogen-bond acceptors (Lipinski definition) is 7. The first kappa shape index (κ1) is 20.8. The average Bonchev–Trinajstić information content (AvgIpc) is 3.45. The first-order chi connectivity index (χ1) is 15.8. The standard InChI is InChI=1S/C23H27ClN8O/c1-4-31-11-15-16(29-31)8-7-14(18(15)24)19-17-20(28-27-19)26-22(30(3)21(17)33)32-12-5-6-13(32)10-23(2,25)9-12/h7-8,11-13,17H,4-6,9-10,25H2,1-3H3/t12-,13+,17?,23?. The summed E-state index contributed by atoms with van der Waals surface area (Å²) in [5.41, 5.74) is 8.35. The minimum atomic E-state index is -0.655. The smallest absolute Gasteiger partial charge is 0.246 e. The number of aromatic nitrogens is 2. The third kappa shape index (κ3) is 3.05. The van der Waals surface area contributed by atoms with Gasteiger partial charge in [0.2, 0.25) is 11.9 Å². The van der Waals surface area contributed by atoms with Crippen LogP contribution >= 0.6 is 11.6 Å². The van der Waals surface area contributed by atoms with Crippen LogP contribution in [-0.2, 0) is 11.3 Å². The lowest BCUT2D eigenvalue weighted by molar-refractivity contribution is -0.127. The number of guanidine groups is 1. The van der Waals surface area contributed by atoms with Crippen molar-refractivity contribution >= 4 is 45.9 Å². The highest BCUT2D eigenvalue weighted by Crippen LogP contribution is 2.41. The molecule has 0 spiro atoms. The first-order valence-electron chi connectivity index (χ1n) is 11.5. The Morgan fingerprint density at radius 1 is 1.21 bits per heavy atom. The zero-order valence-corrected chi connectivity index (χ0v) is 19.7. The summed E-state index contributed by atoms with van der Waals surface area (Å²) in [5.74, 6) is 0.359. The molecule has 2 bridgehead atoms. The van der Waals surface area contributed by atoms with E-state index in [1.807, 2.05) is 29.9 Å². The monoisotopic (exact) mass is 466 g/mol. The van der Waals surface area contributed by atoms with Crippen molar-refractivity contribution in [1.29, 1.82) is 0 Å². The van der Waals surface area contributed by atoms with Gasteiger partial charge >= 0.3 is 0 Å². The molecule has 1 aromatic heterocycles. The number of benzene rings is 1. The largest absolute Gasteiger partial charge is 0.336 e. The van der Waals surface area contributed by atoms with Crippen molar-refractivity contribution < 1.29 is 4.79 Å². The zero-order valence-electron chi connectivity index (χ0n) is 19.0. The normalized spacial score (nSPS) is 31.1. The Kier molecular flexibility index (Phi) is 4.48. The van der Waals surface area contributed by atoms with Crippen molar-refractivity contribution in [2.75, 3.05) is 7.05 Å². The maximum absolute atomic E-state index is 13.6. The number of aliphatic imine (C=N–C) groups is 1. The lowest BCUT2D eigenvalue weighted by Gasteiger charge is -2.46. The van der Waals surface area contributed by atoms with E-state index in [4.69, 9.17) is 22.3 Å². The summed E-state index contributed by atoms with van der Waals surface area (Å²) in [5, 5.41) is 14.6. The topological polar surface area (TPSA) is 104 Å². The second-order valence-electron chi connectivity index (χ2n) is 9.88. The summed E-state index contributed by atoms with van der Waals surface area (Å²) in [6.45, 7) is 4.89. The summed E-state index contributed by atoms with van der Waals surface area (Å²) < 4.78 is 1.84. The molecule has 1 aromatic carbocycles. The number of nitrogens with two attached hydrogens (primary N) is 1. The van der Waals surface area contributed by atoms with E-state index < -0.39 is 5.92 Å². The molecule has 5 heterocycles. The van der Waals surface area contributed by atoms with E-state index >= 15 is 0 Å². The number of hydrogen-bond donors (Lipinski definition) is 1. The Labute approximate surface area is 197 Å². The highest BCUT2D eigenvalue weighted by atomic mass is 35.5. The van der Waals surface area contributed by atoms with Crippen LogP contribution in [0.5, 0.6) is 0 Å². The van der Waals surface area contributed by atoms with Gasteiger partial charge in [-0.25, -0.2) is 0 Å². The molecule has 0 saturated carbocycles. The molecule has 0 radical (unpaired) electrons. The maximum Gasteiger partial charge on any atom is 0.246 e. The van der Waals surface area contributed by atoms with Gasteiger partial charge in [0, 0.05) is 48.4 Å². The summed E-state index contributed by atoms with van der Waals surface area (Å²) >= 11 is 6.76. The SMILES string of the molecule is CCn1cc2c(Cl)c(C3=NN=C4N=C(N5[C@@H]6CC[C@H]5CC(C)(N)C6)N(C)C(=O)C43)ccc2n1. The highest BCUT2D eigenvalue weighted by molar-refractivity contribution is 6.42. The fraction of sp³-hybridized carbons (Fsp3) is 0.522. The minimum absolute atomic E-state index is 0.0871. The van der Waals surface area contributed by atoms with Crippen LogP contribution in [0.1, 0.15) is 45.1 Å². The van der Waals surface area contributed by atoms with E-state index in [2.05, 4.69) is 27.1 Å². The van der Waals surface area contributed by atoms with Crippen molar-refractivity contribution in [3.05, 3.63) is 28.9 Å². The second kappa shape index (κ2) is 7.11. The summed E-state index contributed by atoms with van der Waals surface area (Å²) in [7, 11) is 1.79. The Bertz CT molecular complexity index is 1260. The molecule has 1 amide bonds. The molecule has 4 aliphatic rings. The first-order valence-corrected chi connectivity index (χ1v) is 11.9. The summed E-state index contributed by atoms with van der Waals surface area (Å²) in [6.07, 6.45) is 5.84. The van der Waals surface area contributed by atoms with Gasteiger partial charge in [0.1, 0.15) is 5.92 Å². The van der Waals surface area contributed by atoms with Crippen LogP contribution in [0.25, 0.3) is 10.9 Å². The third-order valence-corrected chi connectivity index (χ3v) is 7.82. The van der Waals surface area contributed by atoms with Crippen LogP contribution in [0.2, 0.25) is 5.02 Å². The lowest BCUT2D eigenvalue weighted by Crippen LogP contribution is -2.61. The van der Waals surface area contributed by atoms with Gasteiger partial charge in [-0.05, 0) is 51.7 Å². The van der Waals surface area contributed by atoms with E-state index in [0.717, 1.165) is 43.1 Å². The average molecular weight is 467 g/mol. The van der Waals surface area contributed by atoms with Gasteiger partial charge in [-0.3, -0.25) is 14.4 Å². The zero-order chi connectivity index (χ0) is 23.1. The molecular weight excluding hydrogens is 440 g/mol. The van der Waals surface area contributed by atoms with Crippen molar-refractivity contribution in [1.82, 2.24) is 19.6 Å². The molecular formula is C23H27ClN8O. The molecule has 2 N–H and O–H groups in total. The number of amidine groups is 1. The Balaban J connectivity index is 1.35. The molecule has 33 heavy (non-hydrogen) atoms. The molecule has 4 atom stereocenters. The minimum Gasteiger partial charge on any atom is -0.336 e. The fourth-order valence-corrected chi connectivity index (χ4v) is 6.19. The number of fused-ring (bicyclic) bond motifs is 4. The van der Waals surface area contributed by atoms with Crippen LogP contribution in [0, 0.1) is 5.92 Å². The van der Waals surface area contributed by atoms with Crippen LogP contribution < -0.4 is 5.73 Å². The van der Waals surface area contributed by atoms with Crippen LogP contribution in [0.15, 0.2) is 33.5 Å². The van der Waals surface area contributed by atoms with Gasteiger partial charge in [-0.2, -0.15) is 15.2 Å². The van der Waals surface area contributed by atoms with Crippen LogP contribution in [-0.4, -0.2) is 67.7 Å². The van der Waals surface area contributed by atoms with Crippen molar-refractivity contribution in [3.8, 4) is 0 Å². The number of nitrogens with zero attached hydrogens (tertiary/aromatic N) is 7. The predicted octanol–water partition coefficient (Wildman–Crippen LogP) is 2.61. The van der Waals surface area contributed by atoms with E-state index in [1.165, 1.54) is 0 Å². The van der Waals surface area contributed by atoms with Crippen LogP contribution in [0.4, 0.5) is 0 Å². The number of carbonyl (C=O) groups excluding carboxylic acids is 1. The van der Waals surface area contributed by atoms with Crippen LogP contribution in [0.3, 0.4) is 0 Å². The van der Waals surface area contributed by atoms with Crippen molar-refractivity contribution in [2.24, 2.45) is 26.8 Å². The lowest BCUT2D eigenvalue weighted by atomic mass is 9.85. The molecule has 2 aromatic rings. The number of rotatable bonds is 2. The molecule has 2 unspecified atom stereocenters. The van der Waals surface area contributed by atoms with E-state index in [-0.39, 0.29) is 11.4 Å². The van der Waals surface area contributed by atoms with Gasteiger partial charge < -0.3 is 10.6 Å². The Morgan fingerprint density at radius 2 is 1.94 bits per heavy atom. The quantitative estimate of drug-likeness (QED) is 0.734. The number of aryl methyl sites for hydroxylation is 1. The molecule has 4 aliphatic heterocycles. The Morgan fingerprint density at radius 3 is 2.64 bits per heavy atom. The maximum atomic E-state index is 13.6. The molecule has 2 fully saturated rings. The van der Waals surface area contributed by atoms with Gasteiger partial charge in [0.05, 0.1) is 16.3 Å². The third-order valence-electron chi connectivity index (χ3n) is 7.41. The van der Waals surface area contributed by atoms with E-state index in [0.29, 0.717) is 40.2 Å². The second-order valence-corrected chi connectivity index (χ2v) is 10.3. The molecule has 6 rings (SSSR count). The van der Waals surface area contributed by atoms with E-state index in [9.17, 15) is 4.79 Å². The van der Waals surface area contributed by atoms with Gasteiger partial charge in [-0.15, -0.1) is 5.10 Å². The van der Waals surface area contributed by atoms with Gasteiger partial charge in [0.15, 0.2) is 5.84 Å². The number of amides is 1. The highest BCUT2D eigenvalue weighted by Gasteiger charge is 2.50. The summed E-state index contributed by atoms with van der Waals surface area (Å²) in [4.78, 5) is 22.4. The molecule has 2 saturated heterocycles. The number of carbonyl (C=O) groups is 1. The van der Waals surface area contributed by atoms with E-state index in [1.54, 1.807) is 11.9 Å². The molecule has 10 heteroatoms. The molecule has 0 aliphatic carbocycles. The van der Waals surface area contributed by atoms with Gasteiger partial charge in [0.25, 0.3) is 0 Å². The number of halogens is 1. The molecule has 172 valence electrons. The predicted molar refractivity (Wildman–Crippen MR) is 129 cm³/mol. The number of piperidine rings is 1. The van der Waals surface area contributed by atoms with Crippen molar-refractivity contribution in [2.45, 2.75) is 63.7 Å². The Hall–Kier alpha value is -2.78. The van der Waals surface area contributed by atoms with Crippen molar-refractivity contribution in [3.63, 3.8) is 0 Å².